The Labute approximate surface area is 165 Å². The summed E-state index contributed by atoms with van der Waals surface area (Å²) in [5.41, 5.74) is 7.19. The van der Waals surface area contributed by atoms with Gasteiger partial charge in [0.1, 0.15) is 17.5 Å². The van der Waals surface area contributed by atoms with E-state index in [9.17, 15) is 4.79 Å². The molecule has 2 heterocycles. The SMILES string of the molecule is CCCC1CC(C(=O)NCc2ccnc(Oc3ccc(OCC)cc3)c2)NN1. The number of pyridine rings is 1. The van der Waals surface area contributed by atoms with E-state index in [1.165, 1.54) is 0 Å². The molecule has 150 valence electrons. The third-order valence-electron chi connectivity index (χ3n) is 4.56. The molecule has 1 amide bonds. The molecule has 7 nitrogen and oxygen atoms in total. The van der Waals surface area contributed by atoms with Gasteiger partial charge >= 0.3 is 0 Å². The summed E-state index contributed by atoms with van der Waals surface area (Å²) in [7, 11) is 0. The van der Waals surface area contributed by atoms with Crippen molar-refractivity contribution in [3.8, 4) is 17.4 Å². The fourth-order valence-electron chi connectivity index (χ4n) is 3.15. The number of hydrogen-bond acceptors (Lipinski definition) is 6. The minimum atomic E-state index is -0.196. The molecule has 0 saturated carbocycles. The van der Waals surface area contributed by atoms with E-state index >= 15 is 0 Å². The number of amides is 1. The third kappa shape index (κ3) is 5.68. The predicted octanol–water partition coefficient (Wildman–Crippen LogP) is 2.92. The lowest BCUT2D eigenvalue weighted by Crippen LogP contribution is -2.43. The molecule has 0 spiro atoms. The van der Waals surface area contributed by atoms with E-state index in [0.29, 0.717) is 30.8 Å². The Kier molecular flexibility index (Phi) is 7.22. The second-order valence-corrected chi connectivity index (χ2v) is 6.79. The van der Waals surface area contributed by atoms with Gasteiger partial charge in [-0.05, 0) is 55.7 Å². The molecule has 1 saturated heterocycles. The fourth-order valence-corrected chi connectivity index (χ4v) is 3.15. The van der Waals surface area contributed by atoms with E-state index in [-0.39, 0.29) is 11.9 Å². The van der Waals surface area contributed by atoms with Crippen LogP contribution in [-0.4, -0.2) is 29.6 Å². The molecular formula is C21H28N4O3. The summed E-state index contributed by atoms with van der Waals surface area (Å²) in [5, 5.41) is 2.97. The number of carbonyl (C=O) groups is 1. The normalized spacial score (nSPS) is 18.6. The summed E-state index contributed by atoms with van der Waals surface area (Å²) in [6.07, 6.45) is 4.65. The van der Waals surface area contributed by atoms with Gasteiger partial charge in [0.05, 0.1) is 6.61 Å². The van der Waals surface area contributed by atoms with Crippen LogP contribution in [0.2, 0.25) is 0 Å². The van der Waals surface area contributed by atoms with Crippen molar-refractivity contribution in [1.29, 1.82) is 0 Å². The number of nitrogens with zero attached hydrogens (tertiary/aromatic N) is 1. The number of rotatable bonds is 9. The highest BCUT2D eigenvalue weighted by Gasteiger charge is 2.28. The quantitative estimate of drug-likeness (QED) is 0.616. The molecule has 0 radical (unpaired) electrons. The van der Waals surface area contributed by atoms with Crippen LogP contribution in [0, 0.1) is 0 Å². The van der Waals surface area contributed by atoms with Gasteiger partial charge in [-0.1, -0.05) is 13.3 Å². The highest BCUT2D eigenvalue weighted by atomic mass is 16.5. The van der Waals surface area contributed by atoms with E-state index in [1.807, 2.05) is 43.3 Å². The highest BCUT2D eigenvalue weighted by molar-refractivity contribution is 5.82. The fraction of sp³-hybridized carbons (Fsp3) is 0.429. The van der Waals surface area contributed by atoms with E-state index in [2.05, 4.69) is 28.1 Å². The van der Waals surface area contributed by atoms with Gasteiger partial charge in [0, 0.05) is 24.8 Å². The van der Waals surface area contributed by atoms with Crippen molar-refractivity contribution in [3.05, 3.63) is 48.2 Å². The van der Waals surface area contributed by atoms with Crippen molar-refractivity contribution in [2.24, 2.45) is 0 Å². The Morgan fingerprint density at radius 2 is 1.96 bits per heavy atom. The van der Waals surface area contributed by atoms with Crippen molar-refractivity contribution in [3.63, 3.8) is 0 Å². The largest absolute Gasteiger partial charge is 0.494 e. The van der Waals surface area contributed by atoms with Gasteiger partial charge in [-0.25, -0.2) is 10.4 Å². The van der Waals surface area contributed by atoms with Crippen molar-refractivity contribution < 1.29 is 14.3 Å². The van der Waals surface area contributed by atoms with Crippen molar-refractivity contribution >= 4 is 5.91 Å². The molecule has 1 aliphatic rings. The monoisotopic (exact) mass is 384 g/mol. The number of hydrogen-bond donors (Lipinski definition) is 3. The van der Waals surface area contributed by atoms with Crippen molar-refractivity contribution in [2.45, 2.75) is 51.7 Å². The maximum Gasteiger partial charge on any atom is 0.238 e. The lowest BCUT2D eigenvalue weighted by atomic mass is 10.1. The van der Waals surface area contributed by atoms with E-state index in [0.717, 1.165) is 30.6 Å². The van der Waals surface area contributed by atoms with E-state index < -0.39 is 0 Å². The third-order valence-corrected chi connectivity index (χ3v) is 4.56. The summed E-state index contributed by atoms with van der Waals surface area (Å²) < 4.78 is 11.2. The molecule has 1 aromatic carbocycles. The first-order chi connectivity index (χ1) is 13.7. The van der Waals surface area contributed by atoms with Gasteiger partial charge in [-0.15, -0.1) is 0 Å². The number of aromatic nitrogens is 1. The van der Waals surface area contributed by atoms with Crippen LogP contribution in [0.15, 0.2) is 42.6 Å². The van der Waals surface area contributed by atoms with Crippen LogP contribution in [0.5, 0.6) is 17.4 Å². The maximum atomic E-state index is 12.4. The molecule has 1 aliphatic heterocycles. The first-order valence-corrected chi connectivity index (χ1v) is 9.82. The minimum Gasteiger partial charge on any atom is -0.494 e. The predicted molar refractivity (Wildman–Crippen MR) is 107 cm³/mol. The second kappa shape index (κ2) is 10.1. The van der Waals surface area contributed by atoms with Crippen LogP contribution in [0.3, 0.4) is 0 Å². The van der Waals surface area contributed by atoms with Crippen LogP contribution in [0.25, 0.3) is 0 Å². The topological polar surface area (TPSA) is 84.5 Å². The molecule has 2 atom stereocenters. The standard InChI is InChI=1S/C21H28N4O3/c1-3-5-16-13-19(25-24-16)21(26)23-14-15-10-11-22-20(12-15)28-18-8-6-17(7-9-18)27-4-2/h6-12,16,19,24-25H,3-5,13-14H2,1-2H3,(H,23,26). The zero-order valence-corrected chi connectivity index (χ0v) is 16.4. The average Bonchev–Trinajstić information content (AvgIpc) is 3.17. The Balaban J connectivity index is 1.51. The zero-order valence-electron chi connectivity index (χ0n) is 16.4. The summed E-state index contributed by atoms with van der Waals surface area (Å²) in [6.45, 7) is 5.14. The maximum absolute atomic E-state index is 12.4. The molecule has 2 unspecified atom stereocenters. The van der Waals surface area contributed by atoms with Crippen molar-refractivity contribution in [2.75, 3.05) is 6.61 Å². The number of hydrazine groups is 1. The van der Waals surface area contributed by atoms with Gasteiger partial charge in [0.2, 0.25) is 11.8 Å². The van der Waals surface area contributed by atoms with Gasteiger partial charge < -0.3 is 14.8 Å². The van der Waals surface area contributed by atoms with Crippen molar-refractivity contribution in [1.82, 2.24) is 21.2 Å². The number of carbonyl (C=O) groups excluding carboxylic acids is 1. The lowest BCUT2D eigenvalue weighted by Gasteiger charge is -2.11. The highest BCUT2D eigenvalue weighted by Crippen LogP contribution is 2.23. The lowest BCUT2D eigenvalue weighted by molar-refractivity contribution is -0.123. The second-order valence-electron chi connectivity index (χ2n) is 6.79. The molecular weight excluding hydrogens is 356 g/mol. The Bertz CT molecular complexity index is 767. The molecule has 3 rings (SSSR count). The Morgan fingerprint density at radius 1 is 1.18 bits per heavy atom. The summed E-state index contributed by atoms with van der Waals surface area (Å²) in [5.74, 6) is 1.97. The van der Waals surface area contributed by atoms with E-state index in [4.69, 9.17) is 9.47 Å². The molecule has 28 heavy (non-hydrogen) atoms. The summed E-state index contributed by atoms with van der Waals surface area (Å²) >= 11 is 0. The zero-order chi connectivity index (χ0) is 19.8. The van der Waals surface area contributed by atoms with Crippen LogP contribution in [0.4, 0.5) is 0 Å². The molecule has 0 aliphatic carbocycles. The number of benzene rings is 1. The summed E-state index contributed by atoms with van der Waals surface area (Å²) in [4.78, 5) is 16.6. The first-order valence-electron chi connectivity index (χ1n) is 9.82. The minimum absolute atomic E-state index is 0.00287. The molecule has 0 bridgehead atoms. The Morgan fingerprint density at radius 3 is 2.71 bits per heavy atom. The Hall–Kier alpha value is -2.64. The van der Waals surface area contributed by atoms with Gasteiger partial charge in [0.15, 0.2) is 0 Å². The van der Waals surface area contributed by atoms with E-state index in [1.54, 1.807) is 6.20 Å². The molecule has 3 N–H and O–H groups in total. The molecule has 7 heteroatoms. The van der Waals surface area contributed by atoms with Crippen LogP contribution >= 0.6 is 0 Å². The van der Waals surface area contributed by atoms with Crippen LogP contribution in [-0.2, 0) is 11.3 Å². The smallest absolute Gasteiger partial charge is 0.238 e. The number of ether oxygens (including phenoxy) is 2. The first kappa shape index (κ1) is 20.1. The van der Waals surface area contributed by atoms with Crippen LogP contribution < -0.4 is 25.6 Å². The van der Waals surface area contributed by atoms with Gasteiger partial charge in [0.25, 0.3) is 0 Å². The molecule has 1 fully saturated rings. The molecule has 1 aromatic heterocycles. The molecule has 2 aromatic rings. The average molecular weight is 384 g/mol. The van der Waals surface area contributed by atoms with Gasteiger partial charge in [-0.3, -0.25) is 10.2 Å². The van der Waals surface area contributed by atoms with Crippen LogP contribution in [0.1, 0.15) is 38.7 Å². The number of nitrogens with one attached hydrogen (secondary N) is 3. The van der Waals surface area contributed by atoms with Gasteiger partial charge in [-0.2, -0.15) is 0 Å². The summed E-state index contributed by atoms with van der Waals surface area (Å²) in [6, 6.07) is 11.3.